The predicted octanol–water partition coefficient (Wildman–Crippen LogP) is 1.66. The monoisotopic (exact) mass is 428 g/mol. The van der Waals surface area contributed by atoms with Crippen molar-refractivity contribution in [2.45, 2.75) is 18.5 Å². The molecule has 1 saturated heterocycles. The molecular weight excluding hydrogens is 403 g/mol. The van der Waals surface area contributed by atoms with E-state index in [1.165, 1.54) is 11.1 Å². The molecule has 0 spiro atoms. The van der Waals surface area contributed by atoms with Crippen molar-refractivity contribution in [1.82, 2.24) is 10.6 Å². The highest BCUT2D eigenvalue weighted by Crippen LogP contribution is 2.20. The van der Waals surface area contributed by atoms with Crippen molar-refractivity contribution in [3.63, 3.8) is 0 Å². The molecule has 1 aliphatic heterocycles. The molecule has 28 heavy (non-hydrogen) atoms. The van der Waals surface area contributed by atoms with E-state index in [-0.39, 0.29) is 43.3 Å². The lowest BCUT2D eigenvalue weighted by Gasteiger charge is -2.09. The van der Waals surface area contributed by atoms with Crippen LogP contribution in [0.5, 0.6) is 0 Å². The number of nitrogens with one attached hydrogen (secondary N) is 2. The third-order valence-corrected chi connectivity index (χ3v) is 3.97. The molecule has 0 saturated carbocycles. The fourth-order valence-corrected chi connectivity index (χ4v) is 2.67. The number of nitrogen functional groups attached to an aromatic ring is 1. The van der Waals surface area contributed by atoms with E-state index in [0.29, 0.717) is 13.0 Å². The number of anilines is 1. The van der Waals surface area contributed by atoms with E-state index in [9.17, 15) is 9.59 Å². The molecule has 2 aromatic rings. The minimum atomic E-state index is -0.885. The SMILES string of the molecule is Cl.Cl.NCC(=O)NC1CN[C@@H](C(=O)O)C1.Nc1cccc(-c2ccccc2)c1. The summed E-state index contributed by atoms with van der Waals surface area (Å²) in [4.78, 5) is 21.3. The van der Waals surface area contributed by atoms with Gasteiger partial charge in [0.1, 0.15) is 6.04 Å². The van der Waals surface area contributed by atoms with E-state index in [1.807, 2.05) is 36.4 Å². The van der Waals surface area contributed by atoms with Crippen LogP contribution in [0.2, 0.25) is 0 Å². The van der Waals surface area contributed by atoms with Crippen LogP contribution < -0.4 is 22.1 Å². The van der Waals surface area contributed by atoms with E-state index >= 15 is 0 Å². The number of aliphatic carboxylic acids is 1. The molecule has 1 heterocycles. The number of hydrogen-bond donors (Lipinski definition) is 5. The Bertz CT molecular complexity index is 747. The first kappa shape index (κ1) is 25.7. The van der Waals surface area contributed by atoms with E-state index in [1.54, 1.807) is 0 Å². The maximum Gasteiger partial charge on any atom is 0.320 e. The summed E-state index contributed by atoms with van der Waals surface area (Å²) in [5, 5.41) is 14.0. The zero-order valence-corrected chi connectivity index (χ0v) is 16.8. The minimum Gasteiger partial charge on any atom is -0.480 e. The fraction of sp³-hybridized carbons (Fsp3) is 0.263. The normalized spacial score (nSPS) is 17.2. The van der Waals surface area contributed by atoms with Gasteiger partial charge in [0, 0.05) is 18.3 Å². The number of benzene rings is 2. The summed E-state index contributed by atoms with van der Waals surface area (Å²) in [6, 6.07) is 17.5. The van der Waals surface area contributed by atoms with Crippen molar-refractivity contribution >= 4 is 42.4 Å². The number of carboxylic acids is 1. The molecule has 0 aromatic heterocycles. The second-order valence-corrected chi connectivity index (χ2v) is 5.99. The van der Waals surface area contributed by atoms with Gasteiger partial charge in [-0.2, -0.15) is 0 Å². The zero-order valence-electron chi connectivity index (χ0n) is 15.2. The molecular formula is C19H26Cl2N4O3. The van der Waals surface area contributed by atoms with Crippen LogP contribution in [0, 0.1) is 0 Å². The molecule has 154 valence electrons. The number of amides is 1. The summed E-state index contributed by atoms with van der Waals surface area (Å²) in [5.74, 6) is -1.14. The number of nitrogens with two attached hydrogens (primary N) is 2. The number of carbonyl (C=O) groups excluding carboxylic acids is 1. The van der Waals surface area contributed by atoms with Crippen LogP contribution >= 0.6 is 24.8 Å². The summed E-state index contributed by atoms with van der Waals surface area (Å²) in [5.41, 5.74) is 14.0. The van der Waals surface area contributed by atoms with Crippen molar-refractivity contribution in [2.75, 3.05) is 18.8 Å². The van der Waals surface area contributed by atoms with Crippen LogP contribution in [0.25, 0.3) is 11.1 Å². The van der Waals surface area contributed by atoms with Crippen molar-refractivity contribution in [3.05, 3.63) is 54.6 Å². The highest BCUT2D eigenvalue weighted by molar-refractivity contribution is 5.85. The summed E-state index contributed by atoms with van der Waals surface area (Å²) in [7, 11) is 0. The van der Waals surface area contributed by atoms with Crippen LogP contribution in [-0.4, -0.2) is 42.2 Å². The molecule has 1 unspecified atom stereocenters. The van der Waals surface area contributed by atoms with Crippen LogP contribution in [0.3, 0.4) is 0 Å². The molecule has 7 N–H and O–H groups in total. The quantitative estimate of drug-likeness (QED) is 0.470. The maximum absolute atomic E-state index is 10.8. The Morgan fingerprint density at radius 3 is 2.25 bits per heavy atom. The van der Waals surface area contributed by atoms with E-state index in [2.05, 4.69) is 28.8 Å². The first-order chi connectivity index (χ1) is 12.5. The topological polar surface area (TPSA) is 130 Å². The molecule has 1 aliphatic rings. The van der Waals surface area contributed by atoms with Gasteiger partial charge in [0.15, 0.2) is 0 Å². The smallest absolute Gasteiger partial charge is 0.320 e. The van der Waals surface area contributed by atoms with Crippen molar-refractivity contribution in [2.24, 2.45) is 5.73 Å². The molecule has 7 nitrogen and oxygen atoms in total. The van der Waals surface area contributed by atoms with Crippen molar-refractivity contribution in [1.29, 1.82) is 0 Å². The lowest BCUT2D eigenvalue weighted by atomic mass is 10.1. The Morgan fingerprint density at radius 1 is 1.07 bits per heavy atom. The number of rotatable bonds is 4. The molecule has 9 heteroatoms. The van der Waals surface area contributed by atoms with Crippen LogP contribution in [-0.2, 0) is 9.59 Å². The standard InChI is InChI=1S/C12H11N.C7H13N3O3.2ClH/c13-12-8-4-7-11(9-12)10-5-2-1-3-6-10;8-2-6(11)10-4-1-5(7(12)13)9-3-4;;/h1-9H,13H2;4-5,9H,1-3,8H2,(H,10,11)(H,12,13);2*1H/t;4?,5-;;/m.1../s1. The van der Waals surface area contributed by atoms with Gasteiger partial charge >= 0.3 is 5.97 Å². The van der Waals surface area contributed by atoms with Crippen LogP contribution in [0.4, 0.5) is 5.69 Å². The summed E-state index contributed by atoms with van der Waals surface area (Å²) < 4.78 is 0. The average Bonchev–Trinajstić information content (AvgIpc) is 3.12. The first-order valence-electron chi connectivity index (χ1n) is 8.36. The third-order valence-electron chi connectivity index (χ3n) is 3.97. The van der Waals surface area contributed by atoms with Gasteiger partial charge in [-0.25, -0.2) is 0 Å². The summed E-state index contributed by atoms with van der Waals surface area (Å²) in [6.45, 7) is 0.428. The van der Waals surface area contributed by atoms with E-state index < -0.39 is 12.0 Å². The Labute approximate surface area is 176 Å². The van der Waals surface area contributed by atoms with Gasteiger partial charge in [-0.15, -0.1) is 24.8 Å². The lowest BCUT2D eigenvalue weighted by Crippen LogP contribution is -2.39. The third kappa shape index (κ3) is 8.14. The molecule has 2 aromatic carbocycles. The summed E-state index contributed by atoms with van der Waals surface area (Å²) in [6.07, 6.45) is 0.418. The van der Waals surface area contributed by atoms with Gasteiger partial charge in [-0.1, -0.05) is 42.5 Å². The number of halogens is 2. The molecule has 0 radical (unpaired) electrons. The van der Waals surface area contributed by atoms with Gasteiger partial charge in [0.05, 0.1) is 6.54 Å². The van der Waals surface area contributed by atoms with Gasteiger partial charge in [0.2, 0.25) is 5.91 Å². The minimum absolute atomic E-state index is 0. The molecule has 2 atom stereocenters. The Balaban J connectivity index is 0.000000486. The lowest BCUT2D eigenvalue weighted by molar-refractivity contribution is -0.139. The predicted molar refractivity (Wildman–Crippen MR) is 116 cm³/mol. The molecule has 0 bridgehead atoms. The number of carboxylic acid groups (broad SMARTS) is 1. The Hall–Kier alpha value is -2.32. The molecule has 1 fully saturated rings. The van der Waals surface area contributed by atoms with Crippen molar-refractivity contribution in [3.8, 4) is 11.1 Å². The van der Waals surface area contributed by atoms with Crippen molar-refractivity contribution < 1.29 is 14.7 Å². The fourth-order valence-electron chi connectivity index (χ4n) is 2.67. The van der Waals surface area contributed by atoms with E-state index in [4.69, 9.17) is 16.6 Å². The highest BCUT2D eigenvalue weighted by Gasteiger charge is 2.29. The zero-order chi connectivity index (χ0) is 18.9. The first-order valence-corrected chi connectivity index (χ1v) is 8.36. The van der Waals surface area contributed by atoms with Gasteiger partial charge in [-0.3, -0.25) is 9.59 Å². The summed E-state index contributed by atoms with van der Waals surface area (Å²) >= 11 is 0. The Morgan fingerprint density at radius 2 is 1.71 bits per heavy atom. The second kappa shape index (κ2) is 13.0. The van der Waals surface area contributed by atoms with Gasteiger partial charge in [-0.05, 0) is 29.7 Å². The van der Waals surface area contributed by atoms with Gasteiger partial charge < -0.3 is 27.2 Å². The molecule has 3 rings (SSSR count). The maximum atomic E-state index is 10.8. The second-order valence-electron chi connectivity index (χ2n) is 5.99. The average molecular weight is 429 g/mol. The molecule has 0 aliphatic carbocycles. The van der Waals surface area contributed by atoms with E-state index in [0.717, 1.165) is 5.69 Å². The number of carbonyl (C=O) groups is 2. The highest BCUT2D eigenvalue weighted by atomic mass is 35.5. The van der Waals surface area contributed by atoms with Crippen LogP contribution in [0.1, 0.15) is 6.42 Å². The largest absolute Gasteiger partial charge is 0.480 e. The van der Waals surface area contributed by atoms with Gasteiger partial charge in [0.25, 0.3) is 0 Å². The number of hydrogen-bond acceptors (Lipinski definition) is 5. The molecule has 1 amide bonds. The van der Waals surface area contributed by atoms with Crippen LogP contribution in [0.15, 0.2) is 54.6 Å². The Kier molecular flexibility index (Phi) is 11.9.